The average molecular weight is 277 g/mol. The molecule has 20 heavy (non-hydrogen) atoms. The summed E-state index contributed by atoms with van der Waals surface area (Å²) >= 11 is 0. The third-order valence-electron chi connectivity index (χ3n) is 4.52. The molecule has 0 bridgehead atoms. The molecule has 2 N–H and O–H groups in total. The van der Waals surface area contributed by atoms with Crippen LogP contribution in [0.1, 0.15) is 31.2 Å². The second kappa shape index (κ2) is 7.77. The molecule has 3 rings (SSSR count). The van der Waals surface area contributed by atoms with Gasteiger partial charge in [0.2, 0.25) is 0 Å². The highest BCUT2D eigenvalue weighted by Crippen LogP contribution is 2.41. The SMILES string of the molecule is CO.OC[C@@H]1CCN(Cc2ccccc2)[C@H](C2CC2)C1. The van der Waals surface area contributed by atoms with Crippen molar-refractivity contribution in [1.82, 2.24) is 4.90 Å². The number of piperidine rings is 1. The van der Waals surface area contributed by atoms with Gasteiger partial charge in [0.15, 0.2) is 0 Å². The predicted molar refractivity (Wildman–Crippen MR) is 81.3 cm³/mol. The summed E-state index contributed by atoms with van der Waals surface area (Å²) in [7, 11) is 1.00. The van der Waals surface area contributed by atoms with Gasteiger partial charge in [-0.2, -0.15) is 0 Å². The van der Waals surface area contributed by atoms with Crippen LogP contribution < -0.4 is 0 Å². The molecule has 2 atom stereocenters. The Labute approximate surface area is 122 Å². The Morgan fingerprint density at radius 3 is 2.40 bits per heavy atom. The van der Waals surface area contributed by atoms with E-state index < -0.39 is 0 Å². The van der Waals surface area contributed by atoms with Gasteiger partial charge < -0.3 is 10.2 Å². The molecule has 1 saturated carbocycles. The smallest absolute Gasteiger partial charge is 0.0460 e. The summed E-state index contributed by atoms with van der Waals surface area (Å²) in [6.07, 6.45) is 5.16. The molecule has 0 amide bonds. The minimum atomic E-state index is 0.377. The van der Waals surface area contributed by atoms with Crippen LogP contribution in [0, 0.1) is 11.8 Å². The van der Waals surface area contributed by atoms with Gasteiger partial charge in [-0.05, 0) is 49.6 Å². The summed E-state index contributed by atoms with van der Waals surface area (Å²) in [6, 6.07) is 11.5. The molecule has 0 spiro atoms. The molecule has 1 aromatic rings. The maximum Gasteiger partial charge on any atom is 0.0460 e. The number of hydrogen-bond acceptors (Lipinski definition) is 3. The molecule has 0 radical (unpaired) electrons. The van der Waals surface area contributed by atoms with Crippen LogP contribution in [0.4, 0.5) is 0 Å². The average Bonchev–Trinajstić information content (AvgIpc) is 3.35. The van der Waals surface area contributed by atoms with E-state index in [9.17, 15) is 5.11 Å². The van der Waals surface area contributed by atoms with Gasteiger partial charge >= 0.3 is 0 Å². The zero-order valence-electron chi connectivity index (χ0n) is 12.4. The second-order valence-corrected chi connectivity index (χ2v) is 5.93. The quantitative estimate of drug-likeness (QED) is 0.887. The molecular formula is C17H27NO2. The Balaban J connectivity index is 0.000000704. The highest BCUT2D eigenvalue weighted by molar-refractivity contribution is 5.15. The third kappa shape index (κ3) is 4.05. The summed E-state index contributed by atoms with van der Waals surface area (Å²) in [5.41, 5.74) is 1.42. The van der Waals surface area contributed by atoms with E-state index in [0.717, 1.165) is 38.6 Å². The first-order valence-electron chi connectivity index (χ1n) is 7.70. The largest absolute Gasteiger partial charge is 0.400 e. The second-order valence-electron chi connectivity index (χ2n) is 5.93. The molecule has 3 nitrogen and oxygen atoms in total. The molecule has 0 aromatic heterocycles. The number of likely N-dealkylation sites (tertiary alicyclic amines) is 1. The molecule has 3 heteroatoms. The van der Waals surface area contributed by atoms with E-state index in [1.54, 1.807) is 0 Å². The van der Waals surface area contributed by atoms with E-state index >= 15 is 0 Å². The molecule has 1 heterocycles. The van der Waals surface area contributed by atoms with Crippen molar-refractivity contribution in [3.63, 3.8) is 0 Å². The van der Waals surface area contributed by atoms with Crippen molar-refractivity contribution in [3.05, 3.63) is 35.9 Å². The van der Waals surface area contributed by atoms with E-state index in [-0.39, 0.29) is 0 Å². The standard InChI is InChI=1S/C16H23NO.CH4O/c18-12-14-8-9-17(16(10-14)15-6-7-15)11-13-4-2-1-3-5-13;1-2/h1-5,14-16,18H,6-12H2;2H,1H3/t14-,16+;/m1./s1. The first kappa shape index (κ1) is 15.5. The Morgan fingerprint density at radius 2 is 1.80 bits per heavy atom. The zero-order valence-corrected chi connectivity index (χ0v) is 12.4. The number of aliphatic hydroxyl groups excluding tert-OH is 2. The van der Waals surface area contributed by atoms with Crippen molar-refractivity contribution in [2.24, 2.45) is 11.8 Å². The van der Waals surface area contributed by atoms with Gasteiger partial charge in [0.1, 0.15) is 0 Å². The van der Waals surface area contributed by atoms with E-state index in [4.69, 9.17) is 5.11 Å². The van der Waals surface area contributed by atoms with Crippen molar-refractivity contribution in [3.8, 4) is 0 Å². The summed E-state index contributed by atoms with van der Waals surface area (Å²) in [6.45, 7) is 2.61. The number of benzene rings is 1. The van der Waals surface area contributed by atoms with Gasteiger partial charge in [-0.1, -0.05) is 30.3 Å². The van der Waals surface area contributed by atoms with Gasteiger partial charge in [-0.3, -0.25) is 4.90 Å². The molecule has 2 aliphatic rings. The van der Waals surface area contributed by atoms with Gasteiger partial charge in [-0.15, -0.1) is 0 Å². The lowest BCUT2D eigenvalue weighted by molar-refractivity contribution is 0.0639. The maximum absolute atomic E-state index is 9.37. The monoisotopic (exact) mass is 277 g/mol. The number of hydrogen-bond donors (Lipinski definition) is 2. The molecule has 1 aliphatic carbocycles. The third-order valence-corrected chi connectivity index (χ3v) is 4.52. The summed E-state index contributed by atoms with van der Waals surface area (Å²) in [4.78, 5) is 2.65. The minimum absolute atomic E-state index is 0.377. The Kier molecular flexibility index (Phi) is 6.02. The highest BCUT2D eigenvalue weighted by atomic mass is 16.3. The van der Waals surface area contributed by atoms with Crippen LogP contribution in [-0.4, -0.2) is 41.4 Å². The van der Waals surface area contributed by atoms with E-state index in [1.807, 2.05) is 0 Å². The Hall–Kier alpha value is -0.900. The Morgan fingerprint density at radius 1 is 1.10 bits per heavy atom. The highest BCUT2D eigenvalue weighted by Gasteiger charge is 2.38. The molecular weight excluding hydrogens is 250 g/mol. The number of aliphatic hydroxyl groups is 2. The topological polar surface area (TPSA) is 43.7 Å². The summed E-state index contributed by atoms with van der Waals surface area (Å²) in [5, 5.41) is 16.4. The van der Waals surface area contributed by atoms with Crippen molar-refractivity contribution in [2.75, 3.05) is 20.3 Å². The van der Waals surface area contributed by atoms with Gasteiger partial charge in [0.05, 0.1) is 0 Å². The Bertz CT molecular complexity index is 378. The number of nitrogens with zero attached hydrogens (tertiary/aromatic N) is 1. The number of rotatable bonds is 4. The zero-order chi connectivity index (χ0) is 14.4. The van der Waals surface area contributed by atoms with Crippen LogP contribution in [-0.2, 0) is 6.54 Å². The normalized spacial score (nSPS) is 26.8. The van der Waals surface area contributed by atoms with Crippen molar-refractivity contribution in [1.29, 1.82) is 0 Å². The lowest BCUT2D eigenvalue weighted by Crippen LogP contribution is -2.44. The van der Waals surface area contributed by atoms with Crippen LogP contribution in [0.25, 0.3) is 0 Å². The molecule has 0 unspecified atom stereocenters. The lowest BCUT2D eigenvalue weighted by Gasteiger charge is -2.39. The van der Waals surface area contributed by atoms with E-state index in [0.29, 0.717) is 12.5 Å². The van der Waals surface area contributed by atoms with Crippen LogP contribution >= 0.6 is 0 Å². The van der Waals surface area contributed by atoms with Crippen molar-refractivity contribution < 1.29 is 10.2 Å². The van der Waals surface area contributed by atoms with E-state index in [2.05, 4.69) is 35.2 Å². The van der Waals surface area contributed by atoms with Crippen molar-refractivity contribution >= 4 is 0 Å². The van der Waals surface area contributed by atoms with Crippen LogP contribution in [0.2, 0.25) is 0 Å². The van der Waals surface area contributed by atoms with Crippen LogP contribution in [0.15, 0.2) is 30.3 Å². The summed E-state index contributed by atoms with van der Waals surface area (Å²) in [5.74, 6) is 1.45. The van der Waals surface area contributed by atoms with E-state index in [1.165, 1.54) is 24.8 Å². The lowest BCUT2D eigenvalue weighted by atomic mass is 9.88. The van der Waals surface area contributed by atoms with Gasteiger partial charge in [0, 0.05) is 26.3 Å². The first-order chi connectivity index (χ1) is 9.86. The predicted octanol–water partition coefficient (Wildman–Crippen LogP) is 2.28. The fraction of sp³-hybridized carbons (Fsp3) is 0.647. The molecule has 1 saturated heterocycles. The van der Waals surface area contributed by atoms with Crippen LogP contribution in [0.5, 0.6) is 0 Å². The first-order valence-corrected chi connectivity index (χ1v) is 7.70. The molecule has 1 aromatic carbocycles. The molecule has 112 valence electrons. The molecule has 1 aliphatic heterocycles. The van der Waals surface area contributed by atoms with Gasteiger partial charge in [-0.25, -0.2) is 0 Å². The maximum atomic E-state index is 9.37. The minimum Gasteiger partial charge on any atom is -0.400 e. The van der Waals surface area contributed by atoms with Gasteiger partial charge in [0.25, 0.3) is 0 Å². The van der Waals surface area contributed by atoms with Crippen molar-refractivity contribution in [2.45, 2.75) is 38.3 Å². The van der Waals surface area contributed by atoms with Crippen LogP contribution in [0.3, 0.4) is 0 Å². The summed E-state index contributed by atoms with van der Waals surface area (Å²) < 4.78 is 0. The fourth-order valence-electron chi connectivity index (χ4n) is 3.27. The molecule has 2 fully saturated rings. The fourth-order valence-corrected chi connectivity index (χ4v) is 3.27.